The number of nitrogens with zero attached hydrogens (tertiary/aromatic N) is 4. The van der Waals surface area contributed by atoms with Gasteiger partial charge in [-0.1, -0.05) is 76.7 Å². The number of hydrogen-bond donors (Lipinski definition) is 0. The lowest BCUT2D eigenvalue weighted by atomic mass is 9.96. The Morgan fingerprint density at radius 1 is 0.514 bits per heavy atom. The lowest BCUT2D eigenvalue weighted by Crippen LogP contribution is -2.56. The summed E-state index contributed by atoms with van der Waals surface area (Å²) >= 11 is 0. The normalized spacial score (nSPS) is 26.5. The molecule has 0 heterocycles. The minimum atomic E-state index is -1.90. The number of rotatable bonds is 8. The van der Waals surface area contributed by atoms with Crippen LogP contribution in [0.2, 0.25) is 0 Å². The second-order valence-electron chi connectivity index (χ2n) is 12.3. The Labute approximate surface area is 219 Å². The van der Waals surface area contributed by atoms with Crippen molar-refractivity contribution in [3.8, 4) is 0 Å². The third kappa shape index (κ3) is 6.30. The first kappa shape index (κ1) is 27.9. The largest absolute Gasteiger partial charge is 0.331 e. The van der Waals surface area contributed by atoms with E-state index in [0.717, 1.165) is 18.1 Å². The van der Waals surface area contributed by atoms with Gasteiger partial charge in [0.1, 0.15) is 0 Å². The van der Waals surface area contributed by atoms with E-state index < -0.39 is 7.87 Å². The fourth-order valence-electron chi connectivity index (χ4n) is 7.96. The molecule has 0 aromatic carbocycles. The van der Waals surface area contributed by atoms with Crippen LogP contribution in [0.5, 0.6) is 0 Å². The Bertz CT molecular complexity index is 589. The van der Waals surface area contributed by atoms with Crippen LogP contribution in [0.3, 0.4) is 0 Å². The maximum Gasteiger partial charge on any atom is 0.331 e. The third-order valence-electron chi connectivity index (χ3n) is 10.2. The molecule has 4 nitrogen and oxygen atoms in total. The Kier molecular flexibility index (Phi) is 10.8. The third-order valence-corrected chi connectivity index (χ3v) is 14.7. The van der Waals surface area contributed by atoms with Gasteiger partial charge in [0.2, 0.25) is 0 Å². The first-order valence-electron chi connectivity index (χ1n) is 15.6. The van der Waals surface area contributed by atoms with E-state index in [1.54, 1.807) is 5.70 Å². The van der Waals surface area contributed by atoms with Crippen LogP contribution in [0, 0.1) is 0 Å². The predicted octanol–water partition coefficient (Wildman–Crippen LogP) is 8.63. The molecule has 0 aromatic rings. The smallest absolute Gasteiger partial charge is 0.209 e. The Balaban J connectivity index is 1.78. The highest BCUT2D eigenvalue weighted by Gasteiger charge is 2.62. The molecular weight excluding hydrogens is 447 g/mol. The van der Waals surface area contributed by atoms with Gasteiger partial charge in [0, 0.05) is 46.3 Å². The van der Waals surface area contributed by atoms with Crippen LogP contribution in [0.1, 0.15) is 135 Å². The molecule has 0 aromatic heterocycles. The Morgan fingerprint density at radius 2 is 0.886 bits per heavy atom. The number of allylic oxidation sites excluding steroid dienone is 2. The summed E-state index contributed by atoms with van der Waals surface area (Å²) in [6.07, 6.45) is 31.9. The van der Waals surface area contributed by atoms with Crippen molar-refractivity contribution in [2.45, 2.75) is 153 Å². The maximum absolute atomic E-state index is 3.00. The van der Waals surface area contributed by atoms with Gasteiger partial charge in [-0.15, -0.1) is 14.0 Å². The van der Waals surface area contributed by atoms with Crippen molar-refractivity contribution >= 4 is 7.87 Å². The molecule has 0 N–H and O–H groups in total. The molecule has 0 saturated heterocycles. The summed E-state index contributed by atoms with van der Waals surface area (Å²) in [4.78, 5) is 0. The molecule has 0 radical (unpaired) electrons. The van der Waals surface area contributed by atoms with Crippen LogP contribution in [0.25, 0.3) is 0 Å². The van der Waals surface area contributed by atoms with Gasteiger partial charge in [-0.05, 0) is 64.2 Å². The van der Waals surface area contributed by atoms with E-state index in [9.17, 15) is 0 Å². The minimum absolute atomic E-state index is 0.728. The topological polar surface area (TPSA) is 13.0 Å². The predicted molar refractivity (Wildman–Crippen MR) is 154 cm³/mol. The summed E-state index contributed by atoms with van der Waals surface area (Å²) < 4.78 is 11.9. The van der Waals surface area contributed by atoms with Crippen molar-refractivity contribution in [2.75, 3.05) is 28.2 Å². The summed E-state index contributed by atoms with van der Waals surface area (Å²) in [7, 11) is 8.30. The van der Waals surface area contributed by atoms with Crippen molar-refractivity contribution in [1.82, 2.24) is 18.7 Å². The zero-order valence-corrected chi connectivity index (χ0v) is 24.8. The number of hydrogen-bond acceptors (Lipinski definition) is 4. The molecule has 0 unspecified atom stereocenters. The van der Waals surface area contributed by atoms with Crippen LogP contribution in [0.15, 0.2) is 11.8 Å². The molecule has 5 heteroatoms. The Morgan fingerprint density at radius 3 is 1.31 bits per heavy atom. The fraction of sp³-hybridized carbons (Fsp3) is 0.933. The second kappa shape index (κ2) is 13.6. The lowest BCUT2D eigenvalue weighted by Gasteiger charge is -2.54. The zero-order chi connectivity index (χ0) is 24.7. The molecular formula is C30H58N4P+. The van der Waals surface area contributed by atoms with E-state index in [1.165, 1.54) is 135 Å². The summed E-state index contributed by atoms with van der Waals surface area (Å²) in [6.45, 7) is 0. The van der Waals surface area contributed by atoms with E-state index in [-0.39, 0.29) is 0 Å². The minimum Gasteiger partial charge on any atom is -0.209 e. The van der Waals surface area contributed by atoms with E-state index in [2.05, 4.69) is 52.9 Å². The highest BCUT2D eigenvalue weighted by molar-refractivity contribution is 7.66. The zero-order valence-electron chi connectivity index (χ0n) is 23.9. The summed E-state index contributed by atoms with van der Waals surface area (Å²) in [5.41, 5.74) is 1.66. The Hall–Kier alpha value is -0.150. The summed E-state index contributed by atoms with van der Waals surface area (Å²) in [6, 6.07) is 2.18. The van der Waals surface area contributed by atoms with Gasteiger partial charge in [0.15, 0.2) is 0 Å². The van der Waals surface area contributed by atoms with Gasteiger partial charge in [-0.2, -0.15) is 0 Å². The van der Waals surface area contributed by atoms with Crippen molar-refractivity contribution in [3.63, 3.8) is 0 Å². The molecule has 0 amide bonds. The van der Waals surface area contributed by atoms with Gasteiger partial charge < -0.3 is 0 Å². The highest BCUT2D eigenvalue weighted by atomic mass is 31.2. The molecule has 3 fully saturated rings. The van der Waals surface area contributed by atoms with Gasteiger partial charge in [0.25, 0.3) is 0 Å². The van der Waals surface area contributed by atoms with Gasteiger partial charge in [0.05, 0.1) is 5.70 Å². The molecule has 4 aliphatic rings. The van der Waals surface area contributed by atoms with E-state index in [4.69, 9.17) is 0 Å². The lowest BCUT2D eigenvalue weighted by molar-refractivity contribution is 0.175. The van der Waals surface area contributed by atoms with Crippen LogP contribution in [0.4, 0.5) is 0 Å². The van der Waals surface area contributed by atoms with E-state index in [1.807, 2.05) is 0 Å². The molecule has 4 rings (SSSR count). The van der Waals surface area contributed by atoms with Gasteiger partial charge in [-0.3, -0.25) is 0 Å². The van der Waals surface area contributed by atoms with Crippen LogP contribution < -0.4 is 0 Å². The molecule has 202 valence electrons. The second-order valence-corrected chi connectivity index (χ2v) is 15.9. The van der Waals surface area contributed by atoms with E-state index in [0.29, 0.717) is 0 Å². The standard InChI is InChI=1S/C30H58N4P/c1-31(27-19-11-6-5-7-12-20-27)35(32(2)28-21-13-8-14-22-28,33(3)29-23-15-9-16-24-29)34(4)30-25-17-10-18-26-30/h19,28-30H,5-18,20-26H2,1-4H3/q+1/b27-19+. The molecule has 4 aliphatic carbocycles. The van der Waals surface area contributed by atoms with Crippen LogP contribution >= 0.6 is 7.87 Å². The quantitative estimate of drug-likeness (QED) is 0.306. The van der Waals surface area contributed by atoms with Crippen molar-refractivity contribution in [1.29, 1.82) is 0 Å². The van der Waals surface area contributed by atoms with Crippen LogP contribution in [-0.4, -0.2) is 65.0 Å². The highest BCUT2D eigenvalue weighted by Crippen LogP contribution is 2.73. The molecule has 0 atom stereocenters. The molecule has 35 heavy (non-hydrogen) atoms. The average Bonchev–Trinajstić information content (AvgIpc) is 2.90. The van der Waals surface area contributed by atoms with Crippen LogP contribution in [-0.2, 0) is 0 Å². The fourth-order valence-corrected chi connectivity index (χ4v) is 13.1. The van der Waals surface area contributed by atoms with Gasteiger partial charge in [-0.25, -0.2) is 4.67 Å². The molecule has 0 bridgehead atoms. The van der Waals surface area contributed by atoms with E-state index >= 15 is 0 Å². The first-order valence-corrected chi connectivity index (χ1v) is 17.2. The van der Waals surface area contributed by atoms with Crippen molar-refractivity contribution in [3.05, 3.63) is 11.8 Å². The molecule has 3 saturated carbocycles. The summed E-state index contributed by atoms with van der Waals surface area (Å²) in [5, 5.41) is 0. The molecule has 0 spiro atoms. The summed E-state index contributed by atoms with van der Waals surface area (Å²) in [5.74, 6) is 0. The van der Waals surface area contributed by atoms with Gasteiger partial charge >= 0.3 is 7.87 Å². The van der Waals surface area contributed by atoms with Crippen molar-refractivity contribution in [2.24, 2.45) is 0 Å². The average molecular weight is 506 g/mol. The first-order chi connectivity index (χ1) is 17.1. The maximum atomic E-state index is 3.00. The monoisotopic (exact) mass is 505 g/mol. The molecule has 0 aliphatic heterocycles. The van der Waals surface area contributed by atoms with Crippen molar-refractivity contribution < 1.29 is 0 Å². The SMILES string of the molecule is CN(/C1=C/CCCCCC1)[P+](N(C)C1CCCCC1)(N(C)C1CCCCC1)N(C)C1CCCCC1.